The average molecular weight is 321 g/mol. The van der Waals surface area contributed by atoms with Crippen molar-refractivity contribution in [1.82, 2.24) is 15.0 Å². The van der Waals surface area contributed by atoms with E-state index < -0.39 is 0 Å². The first-order chi connectivity index (χ1) is 9.17. The second-order valence-electron chi connectivity index (χ2n) is 4.35. The van der Waals surface area contributed by atoms with E-state index in [2.05, 4.69) is 43.1 Å². The normalized spacial score (nSPS) is 10.5. The van der Waals surface area contributed by atoms with Gasteiger partial charge in [-0.3, -0.25) is 4.98 Å². The summed E-state index contributed by atoms with van der Waals surface area (Å²) in [6.07, 6.45) is 5.58. The molecular weight excluding hydrogens is 304 g/mol. The third-order valence-corrected chi connectivity index (χ3v) is 3.74. The van der Waals surface area contributed by atoms with Crippen LogP contribution in [-0.2, 0) is 6.42 Å². The average Bonchev–Trinajstić information content (AvgIpc) is 2.42. The van der Waals surface area contributed by atoms with Gasteiger partial charge in [-0.15, -0.1) is 0 Å². The molecule has 0 atom stereocenters. The van der Waals surface area contributed by atoms with Crippen molar-refractivity contribution in [3.8, 4) is 11.4 Å². The van der Waals surface area contributed by atoms with Gasteiger partial charge in [-0.25, -0.2) is 9.97 Å². The molecule has 0 spiro atoms. The minimum atomic E-state index is 0.746. The molecule has 0 aliphatic heterocycles. The molecule has 2 heterocycles. The molecule has 2 aromatic heterocycles. The van der Waals surface area contributed by atoms with Crippen LogP contribution in [0.3, 0.4) is 0 Å². The lowest BCUT2D eigenvalue weighted by Crippen LogP contribution is -2.04. The summed E-state index contributed by atoms with van der Waals surface area (Å²) in [5, 5.41) is 3.11. The monoisotopic (exact) mass is 320 g/mol. The summed E-state index contributed by atoms with van der Waals surface area (Å²) >= 11 is 3.57. The molecule has 2 aromatic rings. The smallest absolute Gasteiger partial charge is 0.162 e. The van der Waals surface area contributed by atoms with Crippen LogP contribution in [0.1, 0.15) is 24.6 Å². The topological polar surface area (TPSA) is 50.7 Å². The Hall–Kier alpha value is -1.49. The lowest BCUT2D eigenvalue weighted by atomic mass is 10.1. The number of pyridine rings is 1. The van der Waals surface area contributed by atoms with E-state index >= 15 is 0 Å². The second kappa shape index (κ2) is 6.10. The summed E-state index contributed by atoms with van der Waals surface area (Å²) in [7, 11) is 1.87. The maximum atomic E-state index is 4.68. The highest BCUT2D eigenvalue weighted by atomic mass is 79.9. The van der Waals surface area contributed by atoms with Crippen molar-refractivity contribution >= 4 is 21.7 Å². The van der Waals surface area contributed by atoms with Crippen molar-refractivity contribution in [3.63, 3.8) is 0 Å². The van der Waals surface area contributed by atoms with Gasteiger partial charge >= 0.3 is 0 Å². The summed E-state index contributed by atoms with van der Waals surface area (Å²) < 4.78 is 0.951. The number of nitrogens with zero attached hydrogens (tertiary/aromatic N) is 3. The molecule has 0 aromatic carbocycles. The van der Waals surface area contributed by atoms with Crippen LogP contribution in [0.4, 0.5) is 5.82 Å². The first-order valence-electron chi connectivity index (χ1n) is 6.32. The number of hydrogen-bond acceptors (Lipinski definition) is 4. The highest BCUT2D eigenvalue weighted by molar-refractivity contribution is 9.10. The number of anilines is 1. The summed E-state index contributed by atoms with van der Waals surface area (Å²) in [5.74, 6) is 1.57. The summed E-state index contributed by atoms with van der Waals surface area (Å²) in [4.78, 5) is 13.4. The van der Waals surface area contributed by atoms with E-state index in [-0.39, 0.29) is 0 Å². The number of nitrogens with one attached hydrogen (secondary N) is 1. The van der Waals surface area contributed by atoms with E-state index in [1.807, 2.05) is 26.2 Å². The van der Waals surface area contributed by atoms with Crippen LogP contribution in [-0.4, -0.2) is 22.0 Å². The molecule has 0 saturated carbocycles. The maximum absolute atomic E-state index is 4.68. The Kier molecular flexibility index (Phi) is 4.47. The van der Waals surface area contributed by atoms with Crippen molar-refractivity contribution < 1.29 is 0 Å². The molecule has 0 amide bonds. The van der Waals surface area contributed by atoms with E-state index in [1.165, 1.54) is 0 Å². The Labute approximate surface area is 121 Å². The van der Waals surface area contributed by atoms with Crippen molar-refractivity contribution in [2.45, 2.75) is 26.7 Å². The fourth-order valence-corrected chi connectivity index (χ4v) is 2.48. The molecular formula is C14H17BrN4. The van der Waals surface area contributed by atoms with Crippen LogP contribution in [0, 0.1) is 6.92 Å². The SMILES string of the molecule is CCCc1nc(-c2ccncc2C)nc(NC)c1Br. The number of halogens is 1. The Balaban J connectivity index is 2.58. The summed E-state index contributed by atoms with van der Waals surface area (Å²) in [6, 6.07) is 1.95. The van der Waals surface area contributed by atoms with Gasteiger partial charge in [-0.05, 0) is 40.9 Å². The first-order valence-corrected chi connectivity index (χ1v) is 7.11. The van der Waals surface area contributed by atoms with E-state index in [0.717, 1.165) is 45.8 Å². The van der Waals surface area contributed by atoms with Crippen molar-refractivity contribution in [1.29, 1.82) is 0 Å². The van der Waals surface area contributed by atoms with Crippen LogP contribution < -0.4 is 5.32 Å². The Bertz CT molecular complexity index is 584. The van der Waals surface area contributed by atoms with Crippen molar-refractivity contribution in [3.05, 3.63) is 34.2 Å². The minimum Gasteiger partial charge on any atom is -0.372 e. The van der Waals surface area contributed by atoms with Crippen LogP contribution >= 0.6 is 15.9 Å². The molecule has 0 unspecified atom stereocenters. The van der Waals surface area contributed by atoms with Gasteiger partial charge in [0.25, 0.3) is 0 Å². The van der Waals surface area contributed by atoms with Gasteiger partial charge < -0.3 is 5.32 Å². The first kappa shape index (κ1) is 13.9. The van der Waals surface area contributed by atoms with Gasteiger partial charge in [0.1, 0.15) is 5.82 Å². The van der Waals surface area contributed by atoms with Crippen LogP contribution in [0.25, 0.3) is 11.4 Å². The molecule has 1 N–H and O–H groups in total. The number of rotatable bonds is 4. The van der Waals surface area contributed by atoms with Crippen molar-refractivity contribution in [2.75, 3.05) is 12.4 Å². The molecule has 0 aliphatic rings. The van der Waals surface area contributed by atoms with E-state index in [1.54, 1.807) is 6.20 Å². The zero-order valence-corrected chi connectivity index (χ0v) is 13.0. The number of aryl methyl sites for hydroxylation is 2. The Morgan fingerprint density at radius 2 is 2.11 bits per heavy atom. The summed E-state index contributed by atoms with van der Waals surface area (Å²) in [5.41, 5.74) is 3.14. The molecule has 0 fully saturated rings. The van der Waals surface area contributed by atoms with E-state index in [9.17, 15) is 0 Å². The standard InChI is InChI=1S/C14H17BrN4/c1-4-5-11-12(15)14(16-3)19-13(18-11)10-6-7-17-8-9(10)2/h6-8H,4-5H2,1-3H3,(H,16,18,19). The third kappa shape index (κ3) is 2.92. The van der Waals surface area contributed by atoms with Gasteiger partial charge in [0, 0.05) is 25.0 Å². The third-order valence-electron chi connectivity index (χ3n) is 2.90. The quantitative estimate of drug-likeness (QED) is 0.935. The van der Waals surface area contributed by atoms with Gasteiger partial charge in [0.2, 0.25) is 0 Å². The Morgan fingerprint density at radius 1 is 1.32 bits per heavy atom. The predicted octanol–water partition coefficient (Wildman–Crippen LogP) is 3.60. The summed E-state index contributed by atoms with van der Waals surface area (Å²) in [6.45, 7) is 4.16. The molecule has 2 rings (SSSR count). The molecule has 5 heteroatoms. The van der Waals surface area contributed by atoms with E-state index in [0.29, 0.717) is 0 Å². The van der Waals surface area contributed by atoms with E-state index in [4.69, 9.17) is 0 Å². The molecule has 19 heavy (non-hydrogen) atoms. The lowest BCUT2D eigenvalue weighted by Gasteiger charge is -2.11. The highest BCUT2D eigenvalue weighted by Crippen LogP contribution is 2.28. The maximum Gasteiger partial charge on any atom is 0.162 e. The molecule has 0 bridgehead atoms. The van der Waals surface area contributed by atoms with Crippen LogP contribution in [0.2, 0.25) is 0 Å². The molecule has 4 nitrogen and oxygen atoms in total. The molecule has 100 valence electrons. The fourth-order valence-electron chi connectivity index (χ4n) is 1.91. The van der Waals surface area contributed by atoms with Gasteiger partial charge in [0.05, 0.1) is 10.2 Å². The predicted molar refractivity (Wildman–Crippen MR) is 81.2 cm³/mol. The molecule has 0 saturated heterocycles. The van der Waals surface area contributed by atoms with Crippen molar-refractivity contribution in [2.24, 2.45) is 0 Å². The number of hydrogen-bond donors (Lipinski definition) is 1. The van der Waals surface area contributed by atoms with Gasteiger partial charge in [-0.2, -0.15) is 0 Å². The largest absolute Gasteiger partial charge is 0.372 e. The second-order valence-corrected chi connectivity index (χ2v) is 5.14. The number of aromatic nitrogens is 3. The Morgan fingerprint density at radius 3 is 2.74 bits per heavy atom. The van der Waals surface area contributed by atoms with Crippen LogP contribution in [0.15, 0.2) is 22.9 Å². The molecule has 0 aliphatic carbocycles. The minimum absolute atomic E-state index is 0.746. The van der Waals surface area contributed by atoms with Crippen LogP contribution in [0.5, 0.6) is 0 Å². The highest BCUT2D eigenvalue weighted by Gasteiger charge is 2.13. The van der Waals surface area contributed by atoms with Gasteiger partial charge in [-0.1, -0.05) is 13.3 Å². The zero-order chi connectivity index (χ0) is 13.8. The molecule has 0 radical (unpaired) electrons. The zero-order valence-electron chi connectivity index (χ0n) is 11.4. The van der Waals surface area contributed by atoms with Gasteiger partial charge in [0.15, 0.2) is 5.82 Å². The fraction of sp³-hybridized carbons (Fsp3) is 0.357. The lowest BCUT2D eigenvalue weighted by molar-refractivity contribution is 0.868.